The normalized spacial score (nSPS) is 11.1. The lowest BCUT2D eigenvalue weighted by atomic mass is 10.1. The monoisotopic (exact) mass is 378 g/mol. The molecule has 0 bridgehead atoms. The van der Waals surface area contributed by atoms with Gasteiger partial charge >= 0.3 is 0 Å². The van der Waals surface area contributed by atoms with Crippen LogP contribution in [0.3, 0.4) is 0 Å². The van der Waals surface area contributed by atoms with Crippen LogP contribution < -0.4 is 14.6 Å². The molecule has 0 saturated heterocycles. The van der Waals surface area contributed by atoms with E-state index in [1.165, 1.54) is 30.2 Å². The Kier molecular flexibility index (Phi) is 6.23. The third kappa shape index (κ3) is 4.53. The molecule has 0 saturated carbocycles. The molecule has 2 rings (SSSR count). The zero-order chi connectivity index (χ0) is 19.3. The van der Waals surface area contributed by atoms with E-state index in [9.17, 15) is 13.2 Å². The van der Waals surface area contributed by atoms with Gasteiger partial charge in [0.2, 0.25) is 10.0 Å². The number of rotatable bonds is 7. The number of nitrogens with two attached hydrogens (primary N) is 1. The van der Waals surface area contributed by atoms with Crippen molar-refractivity contribution in [1.82, 2.24) is 4.90 Å². The second-order valence-corrected chi connectivity index (χ2v) is 7.17. The van der Waals surface area contributed by atoms with Gasteiger partial charge < -0.3 is 14.4 Å². The molecular formula is C18H22N2O5S. The Morgan fingerprint density at radius 2 is 1.85 bits per heavy atom. The second-order valence-electron chi connectivity index (χ2n) is 5.61. The summed E-state index contributed by atoms with van der Waals surface area (Å²) in [7, 11) is -0.900. The summed E-state index contributed by atoms with van der Waals surface area (Å²) in [6.45, 7) is 2.69. The fourth-order valence-corrected chi connectivity index (χ4v) is 3.03. The van der Waals surface area contributed by atoms with Crippen LogP contribution in [0.5, 0.6) is 11.5 Å². The van der Waals surface area contributed by atoms with Gasteiger partial charge in [-0.2, -0.15) is 0 Å². The van der Waals surface area contributed by atoms with Crippen molar-refractivity contribution in [2.24, 2.45) is 5.14 Å². The van der Waals surface area contributed by atoms with Crippen molar-refractivity contribution in [2.45, 2.75) is 18.4 Å². The van der Waals surface area contributed by atoms with E-state index in [1.807, 2.05) is 31.2 Å². The SMILES string of the molecule is CCOc1ccccc1CN(C)C(=O)c1cc(S(N)(=O)=O)ccc1OC. The number of primary sulfonamides is 1. The number of hydrogen-bond donors (Lipinski definition) is 1. The molecular weight excluding hydrogens is 356 g/mol. The lowest BCUT2D eigenvalue weighted by molar-refractivity contribution is 0.0780. The molecule has 0 fully saturated rings. The fourth-order valence-electron chi connectivity index (χ4n) is 2.49. The van der Waals surface area contributed by atoms with Crippen LogP contribution in [0, 0.1) is 0 Å². The number of carbonyl (C=O) groups excluding carboxylic acids is 1. The highest BCUT2D eigenvalue weighted by molar-refractivity contribution is 7.89. The van der Waals surface area contributed by atoms with Gasteiger partial charge in [0.15, 0.2) is 0 Å². The quantitative estimate of drug-likeness (QED) is 0.795. The summed E-state index contributed by atoms with van der Waals surface area (Å²) in [6, 6.07) is 11.4. The van der Waals surface area contributed by atoms with Crippen LogP contribution in [0.15, 0.2) is 47.4 Å². The van der Waals surface area contributed by atoms with E-state index < -0.39 is 15.9 Å². The molecule has 0 atom stereocenters. The Morgan fingerprint density at radius 3 is 2.46 bits per heavy atom. The van der Waals surface area contributed by atoms with E-state index in [1.54, 1.807) is 7.05 Å². The molecule has 0 aromatic heterocycles. The zero-order valence-corrected chi connectivity index (χ0v) is 15.7. The Bertz CT molecular complexity index is 896. The van der Waals surface area contributed by atoms with Gasteiger partial charge in [0.05, 0.1) is 24.2 Å². The van der Waals surface area contributed by atoms with Crippen molar-refractivity contribution in [2.75, 3.05) is 20.8 Å². The molecule has 1 amide bonds. The van der Waals surface area contributed by atoms with E-state index in [-0.39, 0.29) is 22.8 Å². The molecule has 0 spiro atoms. The molecule has 26 heavy (non-hydrogen) atoms. The molecule has 2 aromatic carbocycles. The van der Waals surface area contributed by atoms with Crippen molar-refractivity contribution in [3.05, 3.63) is 53.6 Å². The molecule has 0 aliphatic carbocycles. The average molecular weight is 378 g/mol. The van der Waals surface area contributed by atoms with Crippen molar-refractivity contribution in [3.63, 3.8) is 0 Å². The summed E-state index contributed by atoms with van der Waals surface area (Å²) in [5.41, 5.74) is 0.960. The molecule has 0 radical (unpaired) electrons. The highest BCUT2D eigenvalue weighted by atomic mass is 32.2. The van der Waals surface area contributed by atoms with E-state index in [2.05, 4.69) is 0 Å². The first-order chi connectivity index (χ1) is 12.3. The predicted octanol–water partition coefficient (Wildman–Crippen LogP) is 2.01. The first-order valence-corrected chi connectivity index (χ1v) is 9.49. The highest BCUT2D eigenvalue weighted by Gasteiger charge is 2.21. The minimum absolute atomic E-state index is 0.121. The molecule has 8 heteroatoms. The molecule has 7 nitrogen and oxygen atoms in total. The van der Waals surface area contributed by atoms with Crippen LogP contribution in [0.2, 0.25) is 0 Å². The van der Waals surface area contributed by atoms with Gasteiger partial charge in [0, 0.05) is 19.2 Å². The van der Waals surface area contributed by atoms with E-state index in [4.69, 9.17) is 14.6 Å². The zero-order valence-electron chi connectivity index (χ0n) is 14.9. The smallest absolute Gasteiger partial charge is 0.257 e. The highest BCUT2D eigenvalue weighted by Crippen LogP contribution is 2.25. The molecule has 140 valence electrons. The summed E-state index contributed by atoms with van der Waals surface area (Å²) in [4.78, 5) is 14.2. The van der Waals surface area contributed by atoms with Crippen LogP contribution in [-0.2, 0) is 16.6 Å². The maximum atomic E-state index is 12.8. The van der Waals surface area contributed by atoms with Gasteiger partial charge in [-0.1, -0.05) is 18.2 Å². The lowest BCUT2D eigenvalue weighted by Gasteiger charge is -2.20. The number of ether oxygens (including phenoxy) is 2. The molecule has 0 heterocycles. The number of methoxy groups -OCH3 is 1. The van der Waals surface area contributed by atoms with Crippen molar-refractivity contribution >= 4 is 15.9 Å². The summed E-state index contributed by atoms with van der Waals surface area (Å²) >= 11 is 0. The van der Waals surface area contributed by atoms with Gasteiger partial charge in [0.1, 0.15) is 11.5 Å². The van der Waals surface area contributed by atoms with E-state index in [0.29, 0.717) is 12.4 Å². The van der Waals surface area contributed by atoms with Crippen molar-refractivity contribution in [3.8, 4) is 11.5 Å². The summed E-state index contributed by atoms with van der Waals surface area (Å²) in [5, 5.41) is 5.16. The topological polar surface area (TPSA) is 98.9 Å². The Balaban J connectivity index is 2.33. The van der Waals surface area contributed by atoms with Gasteiger partial charge in [0.25, 0.3) is 5.91 Å². The largest absolute Gasteiger partial charge is 0.496 e. The molecule has 0 unspecified atom stereocenters. The van der Waals surface area contributed by atoms with Gasteiger partial charge in [-0.15, -0.1) is 0 Å². The summed E-state index contributed by atoms with van der Waals surface area (Å²) in [5.74, 6) is 0.575. The van der Waals surface area contributed by atoms with Crippen molar-refractivity contribution < 1.29 is 22.7 Å². The van der Waals surface area contributed by atoms with Gasteiger partial charge in [-0.05, 0) is 31.2 Å². The summed E-state index contributed by atoms with van der Waals surface area (Å²) in [6.07, 6.45) is 0. The third-order valence-electron chi connectivity index (χ3n) is 3.76. The first kappa shape index (κ1) is 19.7. The third-order valence-corrected chi connectivity index (χ3v) is 4.67. The minimum Gasteiger partial charge on any atom is -0.496 e. The maximum Gasteiger partial charge on any atom is 0.257 e. The molecule has 2 N–H and O–H groups in total. The minimum atomic E-state index is -3.93. The number of para-hydroxylation sites is 1. The fraction of sp³-hybridized carbons (Fsp3) is 0.278. The Hall–Kier alpha value is -2.58. The number of nitrogens with zero attached hydrogens (tertiary/aromatic N) is 1. The molecule has 0 aliphatic rings. The van der Waals surface area contributed by atoms with Gasteiger partial charge in [-0.25, -0.2) is 13.6 Å². The van der Waals surface area contributed by atoms with Crippen LogP contribution in [-0.4, -0.2) is 40.0 Å². The number of carbonyl (C=O) groups is 1. The number of sulfonamides is 1. The van der Waals surface area contributed by atoms with Crippen LogP contribution >= 0.6 is 0 Å². The average Bonchev–Trinajstić information content (AvgIpc) is 2.61. The second kappa shape index (κ2) is 8.20. The standard InChI is InChI=1S/C18H22N2O5S/c1-4-25-16-8-6-5-7-13(16)12-20(2)18(21)15-11-14(26(19,22)23)9-10-17(15)24-3/h5-11H,4,12H2,1-3H3,(H2,19,22,23). The number of benzene rings is 2. The Labute approximate surface area is 153 Å². The van der Waals surface area contributed by atoms with E-state index >= 15 is 0 Å². The van der Waals surface area contributed by atoms with E-state index in [0.717, 1.165) is 5.56 Å². The van der Waals surface area contributed by atoms with Crippen LogP contribution in [0.1, 0.15) is 22.8 Å². The number of amides is 1. The van der Waals surface area contributed by atoms with Crippen molar-refractivity contribution in [1.29, 1.82) is 0 Å². The van der Waals surface area contributed by atoms with Crippen LogP contribution in [0.4, 0.5) is 0 Å². The predicted molar refractivity (Wildman–Crippen MR) is 97.8 cm³/mol. The Morgan fingerprint density at radius 1 is 1.15 bits per heavy atom. The first-order valence-electron chi connectivity index (χ1n) is 7.95. The molecule has 0 aliphatic heterocycles. The lowest BCUT2D eigenvalue weighted by Crippen LogP contribution is -2.27. The van der Waals surface area contributed by atoms with Crippen LogP contribution in [0.25, 0.3) is 0 Å². The summed E-state index contributed by atoms with van der Waals surface area (Å²) < 4.78 is 33.9. The van der Waals surface area contributed by atoms with Gasteiger partial charge in [-0.3, -0.25) is 4.79 Å². The molecule has 2 aromatic rings. The maximum absolute atomic E-state index is 12.8. The number of hydrogen-bond acceptors (Lipinski definition) is 5.